The SMILES string of the molecule is C/C1=C\[C@H](C)C[C@H](C)OC(=O)C[C@H](c2ccc(O[Si](C(C)C)(C(C)C)C(C)C)cc2)NC(=O)[C@@H](Cc2c(Br)[nH]c3ccccc23)N(C)C(=O)[C@H](C)NC(=O)[C@@H](C)C1. The van der Waals surface area contributed by atoms with Crippen molar-refractivity contribution >= 4 is 58.8 Å². The number of fused-ring (bicyclic) bond motifs is 1. The maximum absolute atomic E-state index is 14.7. The highest BCUT2D eigenvalue weighted by molar-refractivity contribution is 9.10. The number of H-pyrrole nitrogens is 1. The Bertz CT molecular complexity index is 1880. The number of cyclic esters (lactones) is 1. The van der Waals surface area contributed by atoms with Crippen molar-refractivity contribution < 1.29 is 28.3 Å². The van der Waals surface area contributed by atoms with E-state index in [9.17, 15) is 19.2 Å². The normalized spacial score (nSPS) is 25.1. The molecule has 0 unspecified atom stereocenters. The van der Waals surface area contributed by atoms with Crippen LogP contribution in [0.2, 0.25) is 16.6 Å². The third-order valence-corrected chi connectivity index (χ3v) is 18.3. The molecular weight excluding hydrogens is 801 g/mol. The van der Waals surface area contributed by atoms with Gasteiger partial charge in [-0.15, -0.1) is 0 Å². The number of benzene rings is 2. The standard InChI is InChI=1S/C45H65BrN4O6Si/c1-26(2)57(27(3)4,28(5)6)56-35-19-17-34(18-20-35)39-25-41(51)55-32(10)23-30(8)21-29(7)22-31(9)43(52)47-33(11)45(54)50(12)40(44(53)49-39)24-37-36-15-13-14-16-38(36)48-42(37)46/h13-21,26-28,30-33,39-40,48H,22-25H2,1-12H3,(H,47,52)(H,49,53)/b29-21+/t30-,31-,32-,33-,39+,40+/m0/s1. The number of carbonyl (C=O) groups excluding carboxylic acids is 4. The summed E-state index contributed by atoms with van der Waals surface area (Å²) in [6.45, 7) is 22.9. The number of nitrogens with one attached hydrogen (secondary N) is 3. The number of allylic oxidation sites excluding steroid dienone is 2. The van der Waals surface area contributed by atoms with Crippen molar-refractivity contribution in [3.63, 3.8) is 0 Å². The van der Waals surface area contributed by atoms with Gasteiger partial charge in [0.25, 0.3) is 8.32 Å². The van der Waals surface area contributed by atoms with Gasteiger partial charge in [-0.05, 0) is 101 Å². The molecule has 1 aromatic heterocycles. The number of hydrogen-bond donors (Lipinski definition) is 3. The number of esters is 1. The summed E-state index contributed by atoms with van der Waals surface area (Å²) in [4.78, 5) is 60.7. The molecule has 0 aliphatic carbocycles. The van der Waals surface area contributed by atoms with Gasteiger partial charge in [0.1, 0.15) is 17.8 Å². The van der Waals surface area contributed by atoms with Crippen molar-refractivity contribution in [3.05, 3.63) is 75.9 Å². The summed E-state index contributed by atoms with van der Waals surface area (Å²) in [7, 11) is -0.653. The Morgan fingerprint density at radius 1 is 0.860 bits per heavy atom. The Labute approximate surface area is 349 Å². The van der Waals surface area contributed by atoms with E-state index < -0.39 is 44.2 Å². The molecule has 4 rings (SSSR count). The van der Waals surface area contributed by atoms with Gasteiger partial charge in [-0.1, -0.05) is 97.4 Å². The smallest absolute Gasteiger partial charge is 0.308 e. The van der Waals surface area contributed by atoms with Crippen molar-refractivity contribution in [2.24, 2.45) is 11.8 Å². The molecule has 12 heteroatoms. The molecule has 2 heterocycles. The molecule has 3 N–H and O–H groups in total. The van der Waals surface area contributed by atoms with Crippen LogP contribution in [-0.2, 0) is 30.3 Å². The van der Waals surface area contributed by atoms with Crippen molar-refractivity contribution in [3.8, 4) is 5.75 Å². The van der Waals surface area contributed by atoms with Crippen LogP contribution in [-0.4, -0.2) is 67.1 Å². The van der Waals surface area contributed by atoms with E-state index in [-0.39, 0.29) is 36.7 Å². The molecule has 3 aromatic rings. The highest BCUT2D eigenvalue weighted by Gasteiger charge is 2.47. The number of hydrogen-bond acceptors (Lipinski definition) is 6. The minimum atomic E-state index is -2.24. The molecule has 0 radical (unpaired) electrons. The predicted octanol–water partition coefficient (Wildman–Crippen LogP) is 9.55. The van der Waals surface area contributed by atoms with Crippen LogP contribution in [0, 0.1) is 11.8 Å². The largest absolute Gasteiger partial charge is 0.543 e. The summed E-state index contributed by atoms with van der Waals surface area (Å²) in [5.74, 6) is -1.08. The molecule has 2 aromatic carbocycles. The summed E-state index contributed by atoms with van der Waals surface area (Å²) in [5.41, 5.74) is 4.61. The summed E-state index contributed by atoms with van der Waals surface area (Å²) >= 11 is 3.66. The van der Waals surface area contributed by atoms with E-state index >= 15 is 0 Å². The van der Waals surface area contributed by atoms with E-state index in [0.717, 1.165) is 27.8 Å². The molecule has 57 heavy (non-hydrogen) atoms. The Balaban J connectivity index is 1.78. The van der Waals surface area contributed by atoms with Crippen LogP contribution >= 0.6 is 15.9 Å². The number of rotatable bonds is 8. The Hall–Kier alpha value is -3.90. The molecule has 0 fully saturated rings. The van der Waals surface area contributed by atoms with Crippen LogP contribution in [0.4, 0.5) is 0 Å². The first kappa shape index (κ1) is 45.8. The average Bonchev–Trinajstić information content (AvgIpc) is 3.44. The maximum atomic E-state index is 14.7. The first-order valence-corrected chi connectivity index (χ1v) is 23.5. The lowest BCUT2D eigenvalue weighted by Gasteiger charge is -2.42. The van der Waals surface area contributed by atoms with Crippen LogP contribution in [0.25, 0.3) is 10.9 Å². The number of likely N-dealkylation sites (N-methyl/N-ethyl adjacent to an activating group) is 1. The fraction of sp³-hybridized carbons (Fsp3) is 0.556. The second kappa shape index (κ2) is 19.7. The van der Waals surface area contributed by atoms with E-state index in [2.05, 4.69) is 86.1 Å². The topological polar surface area (TPSA) is 130 Å². The Morgan fingerprint density at radius 3 is 2.09 bits per heavy atom. The predicted molar refractivity (Wildman–Crippen MR) is 234 cm³/mol. The molecule has 312 valence electrons. The highest BCUT2D eigenvalue weighted by Crippen LogP contribution is 2.43. The van der Waals surface area contributed by atoms with Gasteiger partial charge in [-0.2, -0.15) is 0 Å². The van der Waals surface area contributed by atoms with Crippen LogP contribution in [0.1, 0.15) is 113 Å². The molecule has 1 aliphatic heterocycles. The molecule has 10 nitrogen and oxygen atoms in total. The highest BCUT2D eigenvalue weighted by atomic mass is 79.9. The quantitative estimate of drug-likeness (QED) is 0.118. The zero-order chi connectivity index (χ0) is 42.4. The van der Waals surface area contributed by atoms with Gasteiger partial charge in [-0.25, -0.2) is 0 Å². The van der Waals surface area contributed by atoms with Gasteiger partial charge in [0.2, 0.25) is 17.7 Å². The van der Waals surface area contributed by atoms with E-state index in [0.29, 0.717) is 39.6 Å². The molecule has 0 saturated carbocycles. The minimum absolute atomic E-state index is 0.0881. The third-order valence-electron chi connectivity index (χ3n) is 11.7. The van der Waals surface area contributed by atoms with E-state index in [4.69, 9.17) is 9.16 Å². The number of aromatic nitrogens is 1. The summed E-state index contributed by atoms with van der Waals surface area (Å²) in [6.07, 6.45) is 2.88. The number of amides is 3. The van der Waals surface area contributed by atoms with Gasteiger partial charge in [0.15, 0.2) is 0 Å². The Kier molecular flexibility index (Phi) is 15.8. The van der Waals surface area contributed by atoms with Crippen LogP contribution < -0.4 is 15.1 Å². The van der Waals surface area contributed by atoms with Crippen molar-refractivity contribution in [2.75, 3.05) is 7.05 Å². The molecule has 0 bridgehead atoms. The molecule has 0 saturated heterocycles. The number of aromatic amines is 1. The number of halogens is 1. The third kappa shape index (κ3) is 11.2. The number of ether oxygens (including phenoxy) is 1. The number of carbonyl (C=O) groups is 4. The lowest BCUT2D eigenvalue weighted by molar-refractivity contribution is -0.149. The van der Waals surface area contributed by atoms with Gasteiger partial charge in [0, 0.05) is 30.3 Å². The number of nitrogens with zero attached hydrogens (tertiary/aromatic N) is 1. The van der Waals surface area contributed by atoms with Crippen LogP contribution in [0.5, 0.6) is 5.75 Å². The first-order chi connectivity index (χ1) is 26.7. The second-order valence-corrected chi connectivity index (χ2v) is 23.4. The summed E-state index contributed by atoms with van der Waals surface area (Å²) < 4.78 is 13.6. The van der Waals surface area contributed by atoms with Crippen LogP contribution in [0.15, 0.2) is 64.8 Å². The fourth-order valence-corrected chi connectivity index (χ4v) is 14.7. The van der Waals surface area contributed by atoms with Crippen molar-refractivity contribution in [1.29, 1.82) is 0 Å². The van der Waals surface area contributed by atoms with Gasteiger partial charge in [0.05, 0.1) is 23.2 Å². The van der Waals surface area contributed by atoms with Gasteiger partial charge >= 0.3 is 5.97 Å². The van der Waals surface area contributed by atoms with E-state index in [1.807, 2.05) is 69.3 Å². The zero-order valence-electron chi connectivity index (χ0n) is 36.0. The first-order valence-electron chi connectivity index (χ1n) is 20.5. The van der Waals surface area contributed by atoms with E-state index in [1.54, 1.807) is 14.0 Å². The second-order valence-electron chi connectivity index (χ2n) is 17.2. The maximum Gasteiger partial charge on any atom is 0.308 e. The summed E-state index contributed by atoms with van der Waals surface area (Å²) in [6, 6.07) is 12.8. The summed E-state index contributed by atoms with van der Waals surface area (Å²) in [5, 5.41) is 6.97. The fourth-order valence-electron chi connectivity index (χ4n) is 8.90. The van der Waals surface area contributed by atoms with Crippen LogP contribution in [0.3, 0.4) is 0 Å². The molecule has 1 aliphatic rings. The monoisotopic (exact) mass is 864 g/mol. The molecule has 6 atom stereocenters. The molecule has 3 amide bonds. The lowest BCUT2D eigenvalue weighted by atomic mass is 9.95. The van der Waals surface area contributed by atoms with Crippen molar-refractivity contribution in [2.45, 2.75) is 143 Å². The van der Waals surface area contributed by atoms with Crippen molar-refractivity contribution in [1.82, 2.24) is 20.5 Å². The average molecular weight is 866 g/mol. The molecule has 0 spiro atoms. The molecular formula is C45H65BrN4O6Si. The lowest BCUT2D eigenvalue weighted by Crippen LogP contribution is -2.55. The van der Waals surface area contributed by atoms with Gasteiger partial charge < -0.3 is 29.7 Å². The minimum Gasteiger partial charge on any atom is -0.543 e. The number of para-hydroxylation sites is 1. The Morgan fingerprint density at radius 2 is 1.47 bits per heavy atom. The zero-order valence-corrected chi connectivity index (χ0v) is 38.6. The van der Waals surface area contributed by atoms with E-state index in [1.165, 1.54) is 4.90 Å². The van der Waals surface area contributed by atoms with Gasteiger partial charge in [-0.3, -0.25) is 19.2 Å².